The average Bonchev–Trinajstić information content (AvgIpc) is 2.17. The summed E-state index contributed by atoms with van der Waals surface area (Å²) in [6.07, 6.45) is 2.31. The lowest BCUT2D eigenvalue weighted by atomic mass is 9.88. The number of rotatable bonds is 4. The standard InChI is InChI=1S/C10H21N3O/c11-9-7-10(8-9)12-1-2-13-3-5-14-6-4-13/h9-10,12H,1-8,11H2. The van der Waals surface area contributed by atoms with Crippen molar-refractivity contribution in [2.45, 2.75) is 24.9 Å². The summed E-state index contributed by atoms with van der Waals surface area (Å²) >= 11 is 0. The Bertz CT molecular complexity index is 165. The molecule has 1 saturated carbocycles. The van der Waals surface area contributed by atoms with Crippen molar-refractivity contribution in [1.82, 2.24) is 10.2 Å². The molecule has 1 aliphatic heterocycles. The summed E-state index contributed by atoms with van der Waals surface area (Å²) < 4.78 is 5.29. The molecular weight excluding hydrogens is 178 g/mol. The Hall–Kier alpha value is -0.160. The molecule has 2 fully saturated rings. The highest BCUT2D eigenvalue weighted by atomic mass is 16.5. The molecule has 0 radical (unpaired) electrons. The Labute approximate surface area is 85.8 Å². The fraction of sp³-hybridized carbons (Fsp3) is 1.00. The summed E-state index contributed by atoms with van der Waals surface area (Å²) in [6.45, 7) is 6.22. The first kappa shape index (κ1) is 10.4. The van der Waals surface area contributed by atoms with E-state index in [-0.39, 0.29) is 0 Å². The first-order chi connectivity index (χ1) is 6.84. The SMILES string of the molecule is NC1CC(NCCN2CCOCC2)C1. The van der Waals surface area contributed by atoms with Crippen LogP contribution in [-0.2, 0) is 4.74 Å². The highest BCUT2D eigenvalue weighted by Crippen LogP contribution is 2.16. The van der Waals surface area contributed by atoms with Gasteiger partial charge in [0.15, 0.2) is 0 Å². The maximum Gasteiger partial charge on any atom is 0.0594 e. The molecule has 82 valence electrons. The molecule has 1 saturated heterocycles. The normalized spacial score (nSPS) is 34.1. The number of ether oxygens (including phenoxy) is 1. The Morgan fingerprint density at radius 1 is 1.29 bits per heavy atom. The van der Waals surface area contributed by atoms with Gasteiger partial charge in [-0.2, -0.15) is 0 Å². The Kier molecular flexibility index (Phi) is 3.75. The van der Waals surface area contributed by atoms with Crippen LogP contribution in [0.25, 0.3) is 0 Å². The van der Waals surface area contributed by atoms with Crippen LogP contribution in [0, 0.1) is 0 Å². The number of hydrogen-bond donors (Lipinski definition) is 2. The van der Waals surface area contributed by atoms with Crippen molar-refractivity contribution in [3.05, 3.63) is 0 Å². The zero-order valence-electron chi connectivity index (χ0n) is 8.74. The van der Waals surface area contributed by atoms with Gasteiger partial charge in [-0.1, -0.05) is 0 Å². The molecule has 3 N–H and O–H groups in total. The second kappa shape index (κ2) is 5.07. The van der Waals surface area contributed by atoms with Gasteiger partial charge in [0.25, 0.3) is 0 Å². The fourth-order valence-electron chi connectivity index (χ4n) is 2.08. The molecule has 1 aliphatic carbocycles. The molecule has 14 heavy (non-hydrogen) atoms. The minimum Gasteiger partial charge on any atom is -0.379 e. The third-order valence-electron chi connectivity index (χ3n) is 3.14. The number of nitrogens with one attached hydrogen (secondary N) is 1. The lowest BCUT2D eigenvalue weighted by Gasteiger charge is -2.34. The third-order valence-corrected chi connectivity index (χ3v) is 3.14. The van der Waals surface area contributed by atoms with E-state index in [1.54, 1.807) is 0 Å². The molecular formula is C10H21N3O. The van der Waals surface area contributed by atoms with Gasteiger partial charge in [-0.25, -0.2) is 0 Å². The number of morpholine rings is 1. The number of hydrogen-bond acceptors (Lipinski definition) is 4. The van der Waals surface area contributed by atoms with Crippen molar-refractivity contribution in [2.75, 3.05) is 39.4 Å². The van der Waals surface area contributed by atoms with Gasteiger partial charge in [0.05, 0.1) is 13.2 Å². The van der Waals surface area contributed by atoms with Gasteiger partial charge < -0.3 is 15.8 Å². The van der Waals surface area contributed by atoms with Crippen LogP contribution in [0.3, 0.4) is 0 Å². The van der Waals surface area contributed by atoms with Crippen molar-refractivity contribution in [2.24, 2.45) is 5.73 Å². The van der Waals surface area contributed by atoms with Gasteiger partial charge >= 0.3 is 0 Å². The summed E-state index contributed by atoms with van der Waals surface area (Å²) in [4.78, 5) is 2.45. The van der Waals surface area contributed by atoms with Gasteiger partial charge in [0.1, 0.15) is 0 Å². The summed E-state index contributed by atoms with van der Waals surface area (Å²) in [5.41, 5.74) is 5.72. The Morgan fingerprint density at radius 2 is 2.00 bits per heavy atom. The minimum atomic E-state index is 0.455. The molecule has 2 aliphatic rings. The van der Waals surface area contributed by atoms with Crippen molar-refractivity contribution in [3.63, 3.8) is 0 Å². The molecule has 0 amide bonds. The largest absolute Gasteiger partial charge is 0.379 e. The Morgan fingerprint density at radius 3 is 2.64 bits per heavy atom. The minimum absolute atomic E-state index is 0.455. The van der Waals surface area contributed by atoms with Crippen LogP contribution >= 0.6 is 0 Å². The van der Waals surface area contributed by atoms with Gasteiger partial charge in [-0.05, 0) is 12.8 Å². The summed E-state index contributed by atoms with van der Waals surface area (Å²) in [5, 5.41) is 3.53. The molecule has 0 spiro atoms. The van der Waals surface area contributed by atoms with Crippen LogP contribution in [0.2, 0.25) is 0 Å². The van der Waals surface area contributed by atoms with Gasteiger partial charge in [0.2, 0.25) is 0 Å². The van der Waals surface area contributed by atoms with Crippen molar-refractivity contribution >= 4 is 0 Å². The highest BCUT2D eigenvalue weighted by molar-refractivity contribution is 4.87. The van der Waals surface area contributed by atoms with E-state index in [0.29, 0.717) is 12.1 Å². The molecule has 0 atom stereocenters. The molecule has 2 rings (SSSR count). The molecule has 0 aromatic heterocycles. The molecule has 4 heteroatoms. The van der Waals surface area contributed by atoms with E-state index in [0.717, 1.165) is 52.2 Å². The fourth-order valence-corrected chi connectivity index (χ4v) is 2.08. The molecule has 4 nitrogen and oxygen atoms in total. The van der Waals surface area contributed by atoms with E-state index in [9.17, 15) is 0 Å². The highest BCUT2D eigenvalue weighted by Gasteiger charge is 2.24. The molecule has 1 heterocycles. The summed E-state index contributed by atoms with van der Waals surface area (Å²) in [7, 11) is 0. The molecule has 0 unspecified atom stereocenters. The monoisotopic (exact) mass is 199 g/mol. The first-order valence-corrected chi connectivity index (χ1v) is 5.63. The predicted molar refractivity (Wildman–Crippen MR) is 56.3 cm³/mol. The van der Waals surface area contributed by atoms with Crippen molar-refractivity contribution in [1.29, 1.82) is 0 Å². The van der Waals surface area contributed by atoms with E-state index in [4.69, 9.17) is 10.5 Å². The van der Waals surface area contributed by atoms with Crippen LogP contribution in [0.1, 0.15) is 12.8 Å². The quantitative estimate of drug-likeness (QED) is 0.635. The van der Waals surface area contributed by atoms with Gasteiger partial charge in [0, 0.05) is 38.3 Å². The second-order valence-corrected chi connectivity index (χ2v) is 4.34. The lowest BCUT2D eigenvalue weighted by molar-refractivity contribution is 0.0377. The third kappa shape index (κ3) is 2.92. The van der Waals surface area contributed by atoms with Crippen molar-refractivity contribution in [3.8, 4) is 0 Å². The number of nitrogens with two attached hydrogens (primary N) is 1. The molecule has 0 aromatic rings. The maximum atomic E-state index is 5.72. The van der Waals surface area contributed by atoms with Crippen molar-refractivity contribution < 1.29 is 4.74 Å². The van der Waals surface area contributed by atoms with E-state index in [2.05, 4.69) is 10.2 Å². The second-order valence-electron chi connectivity index (χ2n) is 4.34. The maximum absolute atomic E-state index is 5.72. The summed E-state index contributed by atoms with van der Waals surface area (Å²) in [5.74, 6) is 0. The Balaban J connectivity index is 1.50. The van der Waals surface area contributed by atoms with E-state index in [1.807, 2.05) is 0 Å². The van der Waals surface area contributed by atoms with E-state index >= 15 is 0 Å². The van der Waals surface area contributed by atoms with E-state index < -0.39 is 0 Å². The van der Waals surface area contributed by atoms with Gasteiger partial charge in [-0.15, -0.1) is 0 Å². The van der Waals surface area contributed by atoms with Crippen LogP contribution in [0.5, 0.6) is 0 Å². The van der Waals surface area contributed by atoms with Crippen LogP contribution in [0.15, 0.2) is 0 Å². The first-order valence-electron chi connectivity index (χ1n) is 5.63. The topological polar surface area (TPSA) is 50.5 Å². The molecule has 0 bridgehead atoms. The van der Waals surface area contributed by atoms with Crippen LogP contribution in [0.4, 0.5) is 0 Å². The predicted octanol–water partition coefficient (Wildman–Crippen LogP) is -0.602. The van der Waals surface area contributed by atoms with Crippen LogP contribution < -0.4 is 11.1 Å². The summed E-state index contributed by atoms with van der Waals surface area (Å²) in [6, 6.07) is 1.14. The zero-order valence-corrected chi connectivity index (χ0v) is 8.74. The van der Waals surface area contributed by atoms with Crippen LogP contribution in [-0.4, -0.2) is 56.4 Å². The van der Waals surface area contributed by atoms with Gasteiger partial charge in [-0.3, -0.25) is 4.90 Å². The lowest BCUT2D eigenvalue weighted by Crippen LogP contribution is -2.50. The smallest absolute Gasteiger partial charge is 0.0594 e. The average molecular weight is 199 g/mol. The van der Waals surface area contributed by atoms with E-state index in [1.165, 1.54) is 0 Å². The number of nitrogens with zero attached hydrogens (tertiary/aromatic N) is 1. The molecule has 0 aromatic carbocycles. The zero-order chi connectivity index (χ0) is 9.80.